The zero-order chi connectivity index (χ0) is 10.1. The number of phenolic OH excluding ortho intramolecular Hbond substituents is 1. The van der Waals surface area contributed by atoms with Gasteiger partial charge in [0.1, 0.15) is 0 Å². The number of aromatic hydroxyl groups is 1. The maximum Gasteiger partial charge on any atom is 0.152 e. The molecule has 0 radical (unpaired) electrons. The van der Waals surface area contributed by atoms with Crippen LogP contribution < -0.4 is 5.32 Å². The molecule has 1 aliphatic rings. The average molecular weight is 303 g/mol. The van der Waals surface area contributed by atoms with E-state index in [4.69, 9.17) is 0 Å². The second-order valence-corrected chi connectivity index (χ2v) is 4.76. The summed E-state index contributed by atoms with van der Waals surface area (Å²) < 4.78 is 1.03. The third kappa shape index (κ3) is 1.58. The fourth-order valence-electron chi connectivity index (χ4n) is 2.03. The molecule has 0 heterocycles. The van der Waals surface area contributed by atoms with Crippen LogP contribution in [0.5, 0.6) is 5.75 Å². The SMILES string of the molecule is CNc1cc2c(c(I)c1O)CCCC2. The minimum atomic E-state index is 0.411. The highest BCUT2D eigenvalue weighted by molar-refractivity contribution is 14.1. The van der Waals surface area contributed by atoms with Crippen LogP contribution in [0.2, 0.25) is 0 Å². The summed E-state index contributed by atoms with van der Waals surface area (Å²) >= 11 is 2.25. The number of rotatable bonds is 1. The van der Waals surface area contributed by atoms with Crippen molar-refractivity contribution in [1.82, 2.24) is 0 Å². The summed E-state index contributed by atoms with van der Waals surface area (Å²) in [6.07, 6.45) is 4.80. The Kier molecular flexibility index (Phi) is 2.85. The van der Waals surface area contributed by atoms with Crippen LogP contribution in [0.3, 0.4) is 0 Å². The predicted molar refractivity (Wildman–Crippen MR) is 67.0 cm³/mol. The Hall–Kier alpha value is -0.450. The molecule has 0 unspecified atom stereocenters. The van der Waals surface area contributed by atoms with Crippen molar-refractivity contribution in [2.45, 2.75) is 25.7 Å². The number of phenols is 1. The van der Waals surface area contributed by atoms with Crippen LogP contribution >= 0.6 is 22.6 Å². The molecule has 1 aromatic rings. The van der Waals surface area contributed by atoms with Crippen LogP contribution in [0.25, 0.3) is 0 Å². The smallest absolute Gasteiger partial charge is 0.152 e. The average Bonchev–Trinajstić information content (AvgIpc) is 2.23. The number of fused-ring (bicyclic) bond motifs is 1. The van der Waals surface area contributed by atoms with E-state index >= 15 is 0 Å². The summed E-state index contributed by atoms with van der Waals surface area (Å²) in [5.74, 6) is 0.411. The van der Waals surface area contributed by atoms with Gasteiger partial charge in [-0.25, -0.2) is 0 Å². The van der Waals surface area contributed by atoms with Gasteiger partial charge in [-0.1, -0.05) is 0 Å². The molecule has 0 saturated heterocycles. The molecule has 0 fully saturated rings. The predicted octanol–water partition coefficient (Wildman–Crippen LogP) is 2.92. The summed E-state index contributed by atoms with van der Waals surface area (Å²) in [4.78, 5) is 0. The van der Waals surface area contributed by atoms with Crippen LogP contribution in [0.15, 0.2) is 6.07 Å². The molecule has 0 amide bonds. The fraction of sp³-hybridized carbons (Fsp3) is 0.455. The van der Waals surface area contributed by atoms with Crippen molar-refractivity contribution in [1.29, 1.82) is 0 Å². The van der Waals surface area contributed by atoms with Crippen LogP contribution in [0.4, 0.5) is 5.69 Å². The Balaban J connectivity index is 2.57. The topological polar surface area (TPSA) is 32.3 Å². The molecule has 2 N–H and O–H groups in total. The van der Waals surface area contributed by atoms with Crippen molar-refractivity contribution in [3.05, 3.63) is 20.8 Å². The quantitative estimate of drug-likeness (QED) is 0.617. The van der Waals surface area contributed by atoms with Crippen LogP contribution in [-0.2, 0) is 12.8 Å². The molecule has 0 atom stereocenters. The maximum atomic E-state index is 9.88. The summed E-state index contributed by atoms with van der Waals surface area (Å²) in [5, 5.41) is 12.9. The molecule has 0 saturated carbocycles. The second kappa shape index (κ2) is 3.96. The summed E-state index contributed by atoms with van der Waals surface area (Å²) in [5.41, 5.74) is 3.62. The van der Waals surface area contributed by atoms with Gasteiger partial charge in [-0.15, -0.1) is 0 Å². The Morgan fingerprint density at radius 3 is 2.79 bits per heavy atom. The lowest BCUT2D eigenvalue weighted by atomic mass is 9.91. The third-order valence-electron chi connectivity index (χ3n) is 2.83. The first kappa shape index (κ1) is 10.1. The molecular formula is C11H14INO. The molecule has 0 spiro atoms. The highest BCUT2D eigenvalue weighted by Gasteiger charge is 2.17. The highest BCUT2D eigenvalue weighted by atomic mass is 127. The molecule has 3 heteroatoms. The zero-order valence-corrected chi connectivity index (χ0v) is 10.4. The largest absolute Gasteiger partial charge is 0.505 e. The number of hydrogen-bond donors (Lipinski definition) is 2. The highest BCUT2D eigenvalue weighted by Crippen LogP contribution is 2.37. The van der Waals surface area contributed by atoms with Gasteiger partial charge in [0, 0.05) is 7.05 Å². The summed E-state index contributed by atoms with van der Waals surface area (Å²) in [6.45, 7) is 0. The number of benzene rings is 1. The van der Waals surface area contributed by atoms with Crippen molar-refractivity contribution in [3.8, 4) is 5.75 Å². The molecule has 0 aliphatic heterocycles. The van der Waals surface area contributed by atoms with Gasteiger partial charge in [-0.2, -0.15) is 0 Å². The number of hydrogen-bond acceptors (Lipinski definition) is 2. The van der Waals surface area contributed by atoms with Crippen molar-refractivity contribution < 1.29 is 5.11 Å². The van der Waals surface area contributed by atoms with Gasteiger partial charge >= 0.3 is 0 Å². The molecule has 2 rings (SSSR count). The Morgan fingerprint density at radius 2 is 2.07 bits per heavy atom. The van der Waals surface area contributed by atoms with Crippen molar-refractivity contribution >= 4 is 28.3 Å². The minimum absolute atomic E-state index is 0.411. The van der Waals surface area contributed by atoms with E-state index in [0.29, 0.717) is 5.75 Å². The molecule has 1 aromatic carbocycles. The number of aryl methyl sites for hydroxylation is 1. The first-order valence-corrected chi connectivity index (χ1v) is 6.03. The molecule has 0 bridgehead atoms. The van der Waals surface area contributed by atoms with Gasteiger partial charge in [-0.3, -0.25) is 0 Å². The van der Waals surface area contributed by atoms with E-state index in [1.54, 1.807) is 0 Å². The van der Waals surface area contributed by atoms with Gasteiger partial charge in [0.2, 0.25) is 0 Å². The Bertz CT molecular complexity index is 363. The van der Waals surface area contributed by atoms with Crippen molar-refractivity contribution in [2.75, 3.05) is 12.4 Å². The van der Waals surface area contributed by atoms with E-state index in [-0.39, 0.29) is 0 Å². The summed E-state index contributed by atoms with van der Waals surface area (Å²) in [7, 11) is 1.85. The lowest BCUT2D eigenvalue weighted by Gasteiger charge is -2.20. The van der Waals surface area contributed by atoms with Crippen LogP contribution in [0.1, 0.15) is 24.0 Å². The van der Waals surface area contributed by atoms with Gasteiger partial charge in [0.25, 0.3) is 0 Å². The van der Waals surface area contributed by atoms with E-state index in [9.17, 15) is 5.11 Å². The zero-order valence-electron chi connectivity index (χ0n) is 8.23. The lowest BCUT2D eigenvalue weighted by Crippen LogP contribution is -2.06. The first-order chi connectivity index (χ1) is 6.74. The van der Waals surface area contributed by atoms with Crippen molar-refractivity contribution in [3.63, 3.8) is 0 Å². The standard InChI is InChI=1S/C11H14INO/c1-13-9-6-7-4-2-3-5-8(7)10(12)11(9)14/h6,13-14H,2-5H2,1H3. The minimum Gasteiger partial charge on any atom is -0.505 e. The number of anilines is 1. The van der Waals surface area contributed by atoms with E-state index in [1.807, 2.05) is 7.05 Å². The molecule has 0 aromatic heterocycles. The fourth-order valence-corrected chi connectivity index (χ4v) is 2.94. The molecule has 1 aliphatic carbocycles. The second-order valence-electron chi connectivity index (χ2n) is 3.68. The monoisotopic (exact) mass is 303 g/mol. The van der Waals surface area contributed by atoms with E-state index in [2.05, 4.69) is 34.0 Å². The van der Waals surface area contributed by atoms with Crippen LogP contribution in [0, 0.1) is 3.57 Å². The molecule has 76 valence electrons. The van der Waals surface area contributed by atoms with E-state index in [0.717, 1.165) is 22.1 Å². The van der Waals surface area contributed by atoms with E-state index < -0.39 is 0 Å². The Labute approximate surface area is 97.9 Å². The number of halogens is 1. The molecule has 14 heavy (non-hydrogen) atoms. The van der Waals surface area contributed by atoms with Gasteiger partial charge in [0.05, 0.1) is 9.26 Å². The lowest BCUT2D eigenvalue weighted by molar-refractivity contribution is 0.471. The maximum absolute atomic E-state index is 9.88. The first-order valence-electron chi connectivity index (χ1n) is 4.95. The summed E-state index contributed by atoms with van der Waals surface area (Å²) in [6, 6.07) is 2.09. The number of nitrogens with one attached hydrogen (secondary N) is 1. The Morgan fingerprint density at radius 1 is 1.36 bits per heavy atom. The third-order valence-corrected chi connectivity index (χ3v) is 3.99. The normalized spacial score (nSPS) is 15.0. The van der Waals surface area contributed by atoms with Gasteiger partial charge < -0.3 is 10.4 Å². The molecule has 2 nitrogen and oxygen atoms in total. The van der Waals surface area contributed by atoms with Crippen molar-refractivity contribution in [2.24, 2.45) is 0 Å². The van der Waals surface area contributed by atoms with Crippen LogP contribution in [-0.4, -0.2) is 12.2 Å². The van der Waals surface area contributed by atoms with E-state index in [1.165, 1.54) is 24.0 Å². The van der Waals surface area contributed by atoms with Gasteiger partial charge in [0.15, 0.2) is 5.75 Å². The molecular weight excluding hydrogens is 289 g/mol. The van der Waals surface area contributed by atoms with Gasteiger partial charge in [-0.05, 0) is 65.5 Å².